The maximum absolute atomic E-state index is 10.4. The van der Waals surface area contributed by atoms with E-state index in [0.29, 0.717) is 17.9 Å². The molecule has 0 aliphatic carbocycles. The molecule has 8 heteroatoms. The lowest BCUT2D eigenvalue weighted by atomic mass is 10.1. The van der Waals surface area contributed by atoms with Gasteiger partial charge >= 0.3 is 11.9 Å². The van der Waals surface area contributed by atoms with E-state index in [1.165, 1.54) is 18.2 Å². The van der Waals surface area contributed by atoms with Crippen LogP contribution in [0.5, 0.6) is 11.5 Å². The highest BCUT2D eigenvalue weighted by atomic mass is 16.4. The maximum Gasteiger partial charge on any atom is 0.320 e. The second kappa shape index (κ2) is 9.65. The number of carboxylic acids is 2. The van der Waals surface area contributed by atoms with E-state index in [4.69, 9.17) is 31.9 Å². The zero-order valence-electron chi connectivity index (χ0n) is 13.1. The second-order valence-electron chi connectivity index (χ2n) is 5.55. The highest BCUT2D eigenvalue weighted by molar-refractivity contribution is 5.73. The molecule has 0 saturated carbocycles. The standard InChI is InChI=1S/C9H11NO4.C6H13NO2/c10-6(9(13)14)3-5-1-2-7(11)8(12)4-5;1-4(2)3-5(7)6(8)9/h1-2,4,6,11-12H,3,10H2,(H,13,14);4-5H,3,7H2,1-2H3,(H,8,9). The number of phenolic OH excluding ortho intramolecular Hbond substituents is 2. The Bertz CT molecular complexity index is 533. The summed E-state index contributed by atoms with van der Waals surface area (Å²) in [6.07, 6.45) is 0.665. The van der Waals surface area contributed by atoms with E-state index < -0.39 is 24.0 Å². The SMILES string of the molecule is CC(C)CC(N)C(=O)O.NC(Cc1ccc(O)c(O)c1)C(=O)O. The van der Waals surface area contributed by atoms with Crippen LogP contribution in [0.15, 0.2) is 18.2 Å². The van der Waals surface area contributed by atoms with Crippen molar-refractivity contribution in [2.24, 2.45) is 17.4 Å². The third-order valence-electron chi connectivity index (χ3n) is 2.86. The molecule has 0 aromatic heterocycles. The number of rotatable bonds is 6. The largest absolute Gasteiger partial charge is 0.504 e. The van der Waals surface area contributed by atoms with Gasteiger partial charge in [-0.25, -0.2) is 0 Å². The molecule has 8 nitrogen and oxygen atoms in total. The first-order valence-electron chi connectivity index (χ1n) is 7.02. The summed E-state index contributed by atoms with van der Waals surface area (Å²) in [5.74, 6) is -2.17. The van der Waals surface area contributed by atoms with Crippen molar-refractivity contribution in [1.29, 1.82) is 0 Å². The number of carbonyl (C=O) groups is 2. The molecule has 0 bridgehead atoms. The van der Waals surface area contributed by atoms with E-state index in [1.54, 1.807) is 0 Å². The molecule has 2 unspecified atom stereocenters. The monoisotopic (exact) mass is 328 g/mol. The fourth-order valence-corrected chi connectivity index (χ4v) is 1.65. The molecular formula is C15H24N2O6. The number of hydrogen-bond acceptors (Lipinski definition) is 6. The summed E-state index contributed by atoms with van der Waals surface area (Å²) in [4.78, 5) is 20.5. The molecule has 2 atom stereocenters. The minimum Gasteiger partial charge on any atom is -0.504 e. The van der Waals surface area contributed by atoms with Gasteiger partial charge < -0.3 is 31.9 Å². The summed E-state index contributed by atoms with van der Waals surface area (Å²) in [6.45, 7) is 3.89. The lowest BCUT2D eigenvalue weighted by molar-refractivity contribution is -0.139. The van der Waals surface area contributed by atoms with Gasteiger partial charge in [0.05, 0.1) is 0 Å². The normalized spacial score (nSPS) is 12.9. The average molecular weight is 328 g/mol. The summed E-state index contributed by atoms with van der Waals surface area (Å²) in [7, 11) is 0. The molecule has 0 saturated heterocycles. The van der Waals surface area contributed by atoms with Crippen LogP contribution in [0.2, 0.25) is 0 Å². The summed E-state index contributed by atoms with van der Waals surface area (Å²) in [5, 5.41) is 34.9. The zero-order chi connectivity index (χ0) is 18.2. The Morgan fingerprint density at radius 1 is 1.00 bits per heavy atom. The van der Waals surface area contributed by atoms with E-state index in [2.05, 4.69) is 0 Å². The number of nitrogens with two attached hydrogens (primary N) is 2. The quantitative estimate of drug-likeness (QED) is 0.410. The topological polar surface area (TPSA) is 167 Å². The van der Waals surface area contributed by atoms with Gasteiger partial charge in [0.15, 0.2) is 11.5 Å². The zero-order valence-corrected chi connectivity index (χ0v) is 13.1. The highest BCUT2D eigenvalue weighted by Crippen LogP contribution is 2.25. The lowest BCUT2D eigenvalue weighted by Gasteiger charge is -2.07. The fraction of sp³-hybridized carbons (Fsp3) is 0.467. The van der Waals surface area contributed by atoms with Crippen LogP contribution in [0.25, 0.3) is 0 Å². The van der Waals surface area contributed by atoms with Gasteiger partial charge in [-0.2, -0.15) is 0 Å². The van der Waals surface area contributed by atoms with Crippen molar-refractivity contribution in [3.05, 3.63) is 23.8 Å². The Balaban J connectivity index is 0.000000468. The summed E-state index contributed by atoms with van der Waals surface area (Å²) in [6, 6.07) is 2.40. The van der Waals surface area contributed by atoms with Gasteiger partial charge in [0.1, 0.15) is 12.1 Å². The Kier molecular flexibility index (Phi) is 8.67. The molecule has 1 aromatic rings. The van der Waals surface area contributed by atoms with Crippen molar-refractivity contribution in [3.8, 4) is 11.5 Å². The molecule has 8 N–H and O–H groups in total. The van der Waals surface area contributed by atoms with Crippen LogP contribution in [0.3, 0.4) is 0 Å². The van der Waals surface area contributed by atoms with E-state index in [-0.39, 0.29) is 17.9 Å². The van der Waals surface area contributed by atoms with E-state index in [0.717, 1.165) is 0 Å². The number of benzene rings is 1. The van der Waals surface area contributed by atoms with Crippen molar-refractivity contribution in [2.45, 2.75) is 38.8 Å². The van der Waals surface area contributed by atoms with Gasteiger partial charge in [-0.3, -0.25) is 9.59 Å². The first-order valence-corrected chi connectivity index (χ1v) is 7.02. The van der Waals surface area contributed by atoms with Gasteiger partial charge in [0.25, 0.3) is 0 Å². The Morgan fingerprint density at radius 3 is 1.87 bits per heavy atom. The molecule has 0 heterocycles. The molecule has 0 amide bonds. The van der Waals surface area contributed by atoms with Gasteiger partial charge in [-0.05, 0) is 36.5 Å². The molecular weight excluding hydrogens is 304 g/mol. The van der Waals surface area contributed by atoms with Crippen molar-refractivity contribution in [1.82, 2.24) is 0 Å². The third-order valence-corrected chi connectivity index (χ3v) is 2.86. The minimum absolute atomic E-state index is 0.114. The number of aliphatic carboxylic acids is 2. The van der Waals surface area contributed by atoms with Crippen molar-refractivity contribution < 1.29 is 30.0 Å². The molecule has 0 spiro atoms. The van der Waals surface area contributed by atoms with Crippen molar-refractivity contribution in [3.63, 3.8) is 0 Å². The molecule has 0 aliphatic rings. The predicted molar refractivity (Wildman–Crippen MR) is 84.2 cm³/mol. The van der Waals surface area contributed by atoms with Crippen LogP contribution in [0, 0.1) is 5.92 Å². The van der Waals surface area contributed by atoms with Crippen LogP contribution in [-0.4, -0.2) is 44.4 Å². The summed E-state index contributed by atoms with van der Waals surface area (Å²) in [5.41, 5.74) is 11.1. The molecule has 0 radical (unpaired) electrons. The van der Waals surface area contributed by atoms with Crippen molar-refractivity contribution in [2.75, 3.05) is 0 Å². The molecule has 0 fully saturated rings. The minimum atomic E-state index is -1.10. The van der Waals surface area contributed by atoms with Crippen LogP contribution < -0.4 is 11.5 Å². The molecule has 0 aliphatic heterocycles. The van der Waals surface area contributed by atoms with Crippen molar-refractivity contribution >= 4 is 11.9 Å². The van der Waals surface area contributed by atoms with E-state index in [9.17, 15) is 9.59 Å². The summed E-state index contributed by atoms with van der Waals surface area (Å²) < 4.78 is 0. The van der Waals surface area contributed by atoms with Gasteiger partial charge in [0.2, 0.25) is 0 Å². The first kappa shape index (κ1) is 20.7. The van der Waals surface area contributed by atoms with Crippen LogP contribution in [0.1, 0.15) is 25.8 Å². The molecule has 23 heavy (non-hydrogen) atoms. The van der Waals surface area contributed by atoms with E-state index in [1.807, 2.05) is 13.8 Å². The van der Waals surface area contributed by atoms with E-state index >= 15 is 0 Å². The second-order valence-corrected chi connectivity index (χ2v) is 5.55. The van der Waals surface area contributed by atoms with Crippen LogP contribution in [-0.2, 0) is 16.0 Å². The fourth-order valence-electron chi connectivity index (χ4n) is 1.65. The number of carboxylic acid groups (broad SMARTS) is 2. The van der Waals surface area contributed by atoms with Gasteiger partial charge in [0, 0.05) is 0 Å². The number of hydrogen-bond donors (Lipinski definition) is 6. The maximum atomic E-state index is 10.4. The Labute approximate surface area is 134 Å². The molecule has 1 rings (SSSR count). The van der Waals surface area contributed by atoms with Gasteiger partial charge in [-0.1, -0.05) is 19.9 Å². The van der Waals surface area contributed by atoms with Gasteiger partial charge in [-0.15, -0.1) is 0 Å². The Morgan fingerprint density at radius 2 is 1.52 bits per heavy atom. The molecule has 1 aromatic carbocycles. The highest BCUT2D eigenvalue weighted by Gasteiger charge is 2.13. The number of aromatic hydroxyl groups is 2. The predicted octanol–water partition coefficient (Wildman–Crippen LogP) is 0.497. The average Bonchev–Trinajstić information content (AvgIpc) is 2.42. The summed E-state index contributed by atoms with van der Waals surface area (Å²) >= 11 is 0. The number of phenols is 2. The Hall–Kier alpha value is -2.32. The first-order chi connectivity index (χ1) is 10.5. The smallest absolute Gasteiger partial charge is 0.320 e. The van der Waals surface area contributed by atoms with Crippen LogP contribution in [0.4, 0.5) is 0 Å². The third kappa shape index (κ3) is 8.64. The lowest BCUT2D eigenvalue weighted by Crippen LogP contribution is -2.32. The van der Waals surface area contributed by atoms with Crippen LogP contribution >= 0.6 is 0 Å². The molecule has 130 valence electrons.